The van der Waals surface area contributed by atoms with Crippen LogP contribution < -0.4 is 0 Å². The maximum absolute atomic E-state index is 5.48. The van der Waals surface area contributed by atoms with Crippen LogP contribution in [0.4, 0.5) is 0 Å². The maximum Gasteiger partial charge on any atom is 0.146 e. The molecule has 2 aliphatic rings. The Bertz CT molecular complexity index is 2930. The molecule has 9 rings (SSSR count). The first-order valence-electron chi connectivity index (χ1n) is 21.2. The molecule has 0 fully saturated rings. The van der Waals surface area contributed by atoms with Gasteiger partial charge in [0.15, 0.2) is 0 Å². The highest BCUT2D eigenvalue weighted by molar-refractivity contribution is 6.90. The van der Waals surface area contributed by atoms with Gasteiger partial charge in [0.25, 0.3) is 0 Å². The van der Waals surface area contributed by atoms with Gasteiger partial charge in [0.2, 0.25) is 0 Å². The van der Waals surface area contributed by atoms with E-state index in [4.69, 9.17) is 9.97 Å². The maximum atomic E-state index is 5.48. The van der Waals surface area contributed by atoms with Crippen LogP contribution in [0, 0.1) is 11.5 Å². The molecule has 294 valence electrons. The van der Waals surface area contributed by atoms with Crippen molar-refractivity contribution in [2.24, 2.45) is 0 Å². The number of H-pyrrole nitrogens is 2. The second-order valence-electron chi connectivity index (χ2n) is 16.8. The minimum atomic E-state index is -1.89. The molecule has 7 aromatic rings. The summed E-state index contributed by atoms with van der Waals surface area (Å²) in [6.45, 7) is 14.2. The van der Waals surface area contributed by atoms with Crippen molar-refractivity contribution >= 4 is 54.4 Å². The van der Waals surface area contributed by atoms with E-state index in [0.717, 1.165) is 94.9 Å². The molecule has 0 radical (unpaired) electrons. The summed E-state index contributed by atoms with van der Waals surface area (Å²) in [5.41, 5.74) is 22.7. The Labute approximate surface area is 354 Å². The Balaban J connectivity index is 1.35. The van der Waals surface area contributed by atoms with Crippen molar-refractivity contribution in [1.82, 2.24) is 19.9 Å². The van der Waals surface area contributed by atoms with Crippen molar-refractivity contribution in [2.45, 2.75) is 58.2 Å². The fourth-order valence-corrected chi connectivity index (χ4v) is 14.8. The fraction of sp³-hybridized carbons (Fsp3) is 0.164. The van der Waals surface area contributed by atoms with Crippen LogP contribution in [0.15, 0.2) is 140 Å². The number of rotatable bonds is 7. The lowest BCUT2D eigenvalue weighted by Gasteiger charge is -2.38. The fourth-order valence-electron chi connectivity index (χ4n) is 9.57. The van der Waals surface area contributed by atoms with Crippen molar-refractivity contribution < 1.29 is 0 Å². The summed E-state index contributed by atoms with van der Waals surface area (Å²) in [7, 11) is -1.89. The summed E-state index contributed by atoms with van der Waals surface area (Å²) in [5, 5.41) is 0. The summed E-state index contributed by atoms with van der Waals surface area (Å²) in [5.74, 6) is 3.66. The number of aromatic nitrogens is 4. The van der Waals surface area contributed by atoms with Gasteiger partial charge >= 0.3 is 0 Å². The molecule has 5 heteroatoms. The van der Waals surface area contributed by atoms with Gasteiger partial charge in [-0.05, 0) is 99.6 Å². The minimum Gasteiger partial charge on any atom is -0.354 e. The molecule has 60 heavy (non-hydrogen) atoms. The van der Waals surface area contributed by atoms with E-state index in [-0.39, 0.29) is 0 Å². The highest BCUT2D eigenvalue weighted by Gasteiger charge is 2.41. The summed E-state index contributed by atoms with van der Waals surface area (Å²) >= 11 is 0. The summed E-state index contributed by atoms with van der Waals surface area (Å²) in [6, 6.07) is 49.2. The van der Waals surface area contributed by atoms with Gasteiger partial charge in [-0.15, -0.1) is 5.54 Å². The highest BCUT2D eigenvalue weighted by atomic mass is 28.3. The first-order chi connectivity index (χ1) is 29.2. The Hall–Kier alpha value is -6.74. The lowest BCUT2D eigenvalue weighted by Crippen LogP contribution is -2.43. The third kappa shape index (κ3) is 7.08. The van der Waals surface area contributed by atoms with E-state index in [1.807, 2.05) is 0 Å². The zero-order valence-corrected chi connectivity index (χ0v) is 36.2. The molecule has 3 aromatic heterocycles. The molecular weight excluding hydrogens is 745 g/mol. The van der Waals surface area contributed by atoms with Gasteiger partial charge in [-0.2, -0.15) is 0 Å². The second-order valence-corrected chi connectivity index (χ2v) is 22.4. The van der Waals surface area contributed by atoms with Crippen molar-refractivity contribution in [2.75, 3.05) is 0 Å². The van der Waals surface area contributed by atoms with Gasteiger partial charge < -0.3 is 9.97 Å². The van der Waals surface area contributed by atoms with E-state index in [1.165, 1.54) is 0 Å². The number of hydrogen-bond acceptors (Lipinski definition) is 2. The smallest absolute Gasteiger partial charge is 0.146 e. The summed E-state index contributed by atoms with van der Waals surface area (Å²) in [6.07, 6.45) is 8.61. The van der Waals surface area contributed by atoms with Gasteiger partial charge in [-0.1, -0.05) is 151 Å². The average molecular weight is 795 g/mol. The van der Waals surface area contributed by atoms with Crippen molar-refractivity contribution in [1.29, 1.82) is 0 Å². The van der Waals surface area contributed by atoms with Gasteiger partial charge in [0.05, 0.1) is 22.8 Å². The highest BCUT2D eigenvalue weighted by Crippen LogP contribution is 2.42. The normalized spacial score (nSPS) is 12.3. The Kier molecular flexibility index (Phi) is 10.4. The molecule has 0 unspecified atom stereocenters. The van der Waals surface area contributed by atoms with Crippen LogP contribution >= 0.6 is 0 Å². The molecule has 4 nitrogen and oxygen atoms in total. The summed E-state index contributed by atoms with van der Waals surface area (Å²) < 4.78 is 0. The molecule has 0 atom stereocenters. The topological polar surface area (TPSA) is 57.4 Å². The molecule has 0 aliphatic carbocycles. The lowest BCUT2D eigenvalue weighted by atomic mass is 10.0. The van der Waals surface area contributed by atoms with Crippen LogP contribution in [0.5, 0.6) is 0 Å². The molecule has 2 N–H and O–H groups in total. The first kappa shape index (κ1) is 38.8. The third-order valence-electron chi connectivity index (χ3n) is 12.4. The molecule has 0 spiro atoms. The van der Waals surface area contributed by atoms with E-state index < -0.39 is 8.07 Å². The molecule has 0 amide bonds. The Morgan fingerprint density at radius 2 is 0.683 bits per heavy atom. The number of fused-ring (bicyclic) bond motifs is 8. The second kappa shape index (κ2) is 16.1. The number of nitrogens with one attached hydrogen (secondary N) is 2. The molecular formula is C55H50N4Si. The average Bonchev–Trinajstić information content (AvgIpc) is 4.11. The number of aromatic amines is 2. The van der Waals surface area contributed by atoms with Gasteiger partial charge in [0, 0.05) is 49.9 Å². The van der Waals surface area contributed by atoms with Crippen LogP contribution in [0.25, 0.3) is 90.9 Å². The van der Waals surface area contributed by atoms with Crippen LogP contribution in [0.3, 0.4) is 0 Å². The minimum absolute atomic E-state index is 0.574. The monoisotopic (exact) mass is 794 g/mol. The van der Waals surface area contributed by atoms with E-state index >= 15 is 0 Å². The Morgan fingerprint density at radius 1 is 0.383 bits per heavy atom. The van der Waals surface area contributed by atoms with Crippen LogP contribution in [-0.4, -0.2) is 28.0 Å². The van der Waals surface area contributed by atoms with Crippen molar-refractivity contribution in [3.63, 3.8) is 0 Å². The molecule has 8 bridgehead atoms. The third-order valence-corrected chi connectivity index (χ3v) is 18.7. The predicted molar refractivity (Wildman–Crippen MR) is 259 cm³/mol. The van der Waals surface area contributed by atoms with E-state index in [1.54, 1.807) is 0 Å². The molecule has 5 heterocycles. The molecule has 4 aromatic carbocycles. The summed E-state index contributed by atoms with van der Waals surface area (Å²) in [4.78, 5) is 18.6. The Morgan fingerprint density at radius 3 is 0.983 bits per heavy atom. The van der Waals surface area contributed by atoms with Gasteiger partial charge in [-0.25, -0.2) is 9.97 Å². The van der Waals surface area contributed by atoms with Crippen LogP contribution in [0.1, 0.15) is 69.9 Å². The van der Waals surface area contributed by atoms with E-state index in [9.17, 15) is 0 Å². The molecule has 0 saturated carbocycles. The van der Waals surface area contributed by atoms with E-state index in [2.05, 4.69) is 227 Å². The predicted octanol–water partition coefficient (Wildman–Crippen LogP) is 14.9. The largest absolute Gasteiger partial charge is 0.354 e. The van der Waals surface area contributed by atoms with Crippen molar-refractivity contribution in [3.05, 3.63) is 168 Å². The molecule has 0 saturated heterocycles. The van der Waals surface area contributed by atoms with Gasteiger partial charge in [0.1, 0.15) is 8.07 Å². The number of hydrogen-bond donors (Lipinski definition) is 2. The standard InChI is InChI=1S/C55H50N4Si/c1-36(2)60(37(3)4,38(5)6)35-34-39-22-24-43(25-23-39)55-50-32-30-48(58-50)53(41-18-12-8-13-19-41)46-28-26-44(56-46)52(40-16-10-7-11-17-40)45-27-29-47(57-45)54(42-20-14-9-15-21-42)49-31-33-51(55)59-49/h7-33,36-38,56,59H,1-6H3. The van der Waals surface area contributed by atoms with Gasteiger partial charge in [-0.3, -0.25) is 0 Å². The van der Waals surface area contributed by atoms with E-state index in [0.29, 0.717) is 16.6 Å². The zero-order chi connectivity index (χ0) is 41.4. The SMILES string of the molecule is CC(C)[Si](C#Cc1ccc(-c2c3nc(c(-c4ccccc4)c4ccc([nH]4)c(-c4ccccc4)c4nc(c(-c5ccccc5)c5ccc2[nH]5)C=C4)C=C3)cc1)(C(C)C)C(C)C. The lowest BCUT2D eigenvalue weighted by molar-refractivity contribution is 0.838. The quantitative estimate of drug-likeness (QED) is 0.125. The number of benzene rings is 4. The van der Waals surface area contributed by atoms with Crippen molar-refractivity contribution in [3.8, 4) is 56.0 Å². The van der Waals surface area contributed by atoms with Crippen LogP contribution in [0.2, 0.25) is 16.6 Å². The van der Waals surface area contributed by atoms with Crippen LogP contribution in [-0.2, 0) is 0 Å². The number of nitrogens with zero attached hydrogens (tertiary/aromatic N) is 2. The first-order valence-corrected chi connectivity index (χ1v) is 23.4. The molecule has 2 aliphatic heterocycles. The zero-order valence-electron chi connectivity index (χ0n) is 35.2.